The Morgan fingerprint density at radius 1 is 1.10 bits per heavy atom. The summed E-state index contributed by atoms with van der Waals surface area (Å²) in [4.78, 5) is 27.3. The number of carbonyl (C=O) groups is 2. The van der Waals surface area contributed by atoms with Crippen molar-refractivity contribution < 1.29 is 18.7 Å². The number of benzene rings is 2. The maximum absolute atomic E-state index is 13.1. The van der Waals surface area contributed by atoms with Crippen molar-refractivity contribution in [1.82, 2.24) is 10.2 Å². The van der Waals surface area contributed by atoms with Crippen molar-refractivity contribution >= 4 is 35.0 Å². The third-order valence-electron chi connectivity index (χ3n) is 4.78. The molecule has 0 aliphatic heterocycles. The van der Waals surface area contributed by atoms with E-state index in [9.17, 15) is 14.0 Å². The average Bonchev–Trinajstić information content (AvgIpc) is 2.75. The predicted molar refractivity (Wildman–Crippen MR) is 121 cm³/mol. The van der Waals surface area contributed by atoms with Gasteiger partial charge in [-0.25, -0.2) is 4.39 Å². The number of hydrogen-bond donors (Lipinski definition) is 1. The number of halogens is 3. The minimum Gasteiger partial charge on any atom is -0.484 e. The SMILES string of the molecule is CCCCNC(=O)[C@H](CC)N(Cc1c(Cl)cccc1Cl)C(=O)COc1ccc(F)cc1. The van der Waals surface area contributed by atoms with Gasteiger partial charge < -0.3 is 15.0 Å². The van der Waals surface area contributed by atoms with Gasteiger partial charge in [0.15, 0.2) is 6.61 Å². The molecule has 0 saturated heterocycles. The quantitative estimate of drug-likeness (QED) is 0.459. The number of nitrogens with one attached hydrogen (secondary N) is 1. The molecular formula is C23H27Cl2FN2O3. The smallest absolute Gasteiger partial charge is 0.261 e. The Balaban J connectivity index is 2.23. The minimum atomic E-state index is -0.714. The van der Waals surface area contributed by atoms with Crippen molar-refractivity contribution in [2.75, 3.05) is 13.2 Å². The largest absolute Gasteiger partial charge is 0.484 e. The Hall–Kier alpha value is -2.31. The number of unbranched alkanes of at least 4 members (excludes halogenated alkanes) is 1. The van der Waals surface area contributed by atoms with Gasteiger partial charge in [0.05, 0.1) is 0 Å². The first kappa shape index (κ1) is 25.0. The highest BCUT2D eigenvalue weighted by atomic mass is 35.5. The van der Waals surface area contributed by atoms with E-state index in [1.54, 1.807) is 18.2 Å². The van der Waals surface area contributed by atoms with Crippen LogP contribution in [0.4, 0.5) is 4.39 Å². The Morgan fingerprint density at radius 2 is 1.74 bits per heavy atom. The van der Waals surface area contributed by atoms with Crippen LogP contribution in [-0.2, 0) is 16.1 Å². The van der Waals surface area contributed by atoms with E-state index in [2.05, 4.69) is 5.32 Å². The fourth-order valence-electron chi connectivity index (χ4n) is 3.04. The van der Waals surface area contributed by atoms with Crippen LogP contribution in [0.3, 0.4) is 0 Å². The topological polar surface area (TPSA) is 58.6 Å². The second-order valence-electron chi connectivity index (χ2n) is 7.03. The summed E-state index contributed by atoms with van der Waals surface area (Å²) >= 11 is 12.6. The summed E-state index contributed by atoms with van der Waals surface area (Å²) in [6, 6.07) is 9.74. The number of amides is 2. The molecule has 0 fully saturated rings. The van der Waals surface area contributed by atoms with E-state index < -0.39 is 17.8 Å². The van der Waals surface area contributed by atoms with Crippen LogP contribution in [0, 0.1) is 5.82 Å². The average molecular weight is 469 g/mol. The number of nitrogens with zero attached hydrogens (tertiary/aromatic N) is 1. The van der Waals surface area contributed by atoms with E-state index in [0.717, 1.165) is 12.8 Å². The summed E-state index contributed by atoms with van der Waals surface area (Å²) < 4.78 is 18.6. The van der Waals surface area contributed by atoms with Crippen LogP contribution in [0.5, 0.6) is 5.75 Å². The molecule has 8 heteroatoms. The number of hydrogen-bond acceptors (Lipinski definition) is 3. The van der Waals surface area contributed by atoms with E-state index in [0.29, 0.717) is 34.3 Å². The maximum Gasteiger partial charge on any atom is 0.261 e. The Bertz CT molecular complexity index is 857. The molecule has 0 saturated carbocycles. The minimum absolute atomic E-state index is 0.0593. The second-order valence-corrected chi connectivity index (χ2v) is 7.85. The van der Waals surface area contributed by atoms with Crippen LogP contribution in [-0.4, -0.2) is 35.9 Å². The van der Waals surface area contributed by atoms with Gasteiger partial charge in [0.2, 0.25) is 5.91 Å². The first-order valence-corrected chi connectivity index (χ1v) is 11.0. The third-order valence-corrected chi connectivity index (χ3v) is 5.49. The van der Waals surface area contributed by atoms with Gasteiger partial charge in [0.25, 0.3) is 5.91 Å². The summed E-state index contributed by atoms with van der Waals surface area (Å²) in [5, 5.41) is 3.70. The number of carbonyl (C=O) groups excluding carboxylic acids is 2. The van der Waals surface area contributed by atoms with Crippen LogP contribution in [0.2, 0.25) is 10.0 Å². The normalized spacial score (nSPS) is 11.6. The molecule has 0 heterocycles. The Morgan fingerprint density at radius 3 is 2.32 bits per heavy atom. The van der Waals surface area contributed by atoms with Gasteiger partial charge in [-0.3, -0.25) is 9.59 Å². The molecular weight excluding hydrogens is 442 g/mol. The van der Waals surface area contributed by atoms with Crippen LogP contribution in [0.15, 0.2) is 42.5 Å². The van der Waals surface area contributed by atoms with E-state index in [1.165, 1.54) is 29.2 Å². The van der Waals surface area contributed by atoms with Crippen molar-refractivity contribution in [2.24, 2.45) is 0 Å². The zero-order valence-electron chi connectivity index (χ0n) is 17.7. The predicted octanol–water partition coefficient (Wildman–Crippen LogP) is 5.24. The molecule has 0 aliphatic carbocycles. The lowest BCUT2D eigenvalue weighted by molar-refractivity contribution is -0.143. The standard InChI is InChI=1S/C23H27Cl2FN2O3/c1-3-5-13-27-23(30)21(4-2)28(14-18-19(24)7-6-8-20(18)25)22(29)15-31-17-11-9-16(26)10-12-17/h6-12,21H,3-5,13-15H2,1-2H3,(H,27,30)/t21-/m0/s1. The molecule has 2 aromatic carbocycles. The van der Waals surface area contributed by atoms with Gasteiger partial charge in [-0.05, 0) is 49.2 Å². The van der Waals surface area contributed by atoms with Crippen molar-refractivity contribution in [2.45, 2.75) is 45.7 Å². The summed E-state index contributed by atoms with van der Waals surface area (Å²) in [6.45, 7) is 4.15. The molecule has 1 N–H and O–H groups in total. The highest BCUT2D eigenvalue weighted by molar-refractivity contribution is 6.36. The zero-order chi connectivity index (χ0) is 22.8. The lowest BCUT2D eigenvalue weighted by Crippen LogP contribution is -2.50. The van der Waals surface area contributed by atoms with E-state index >= 15 is 0 Å². The van der Waals surface area contributed by atoms with Gasteiger partial charge in [-0.15, -0.1) is 0 Å². The molecule has 2 amide bonds. The van der Waals surface area contributed by atoms with Crippen molar-refractivity contribution in [1.29, 1.82) is 0 Å². The number of rotatable bonds is 11. The van der Waals surface area contributed by atoms with E-state index in [-0.39, 0.29) is 19.1 Å². The monoisotopic (exact) mass is 468 g/mol. The first-order valence-electron chi connectivity index (χ1n) is 10.3. The van der Waals surface area contributed by atoms with Crippen molar-refractivity contribution in [3.63, 3.8) is 0 Å². The molecule has 0 spiro atoms. The van der Waals surface area contributed by atoms with Crippen LogP contribution in [0.25, 0.3) is 0 Å². The Kier molecular flexibility index (Phi) is 10.1. The summed E-state index contributed by atoms with van der Waals surface area (Å²) in [5.41, 5.74) is 0.556. The molecule has 0 unspecified atom stereocenters. The number of ether oxygens (including phenoxy) is 1. The molecule has 5 nitrogen and oxygen atoms in total. The lowest BCUT2D eigenvalue weighted by Gasteiger charge is -2.31. The zero-order valence-corrected chi connectivity index (χ0v) is 19.2. The van der Waals surface area contributed by atoms with E-state index in [4.69, 9.17) is 27.9 Å². The third kappa shape index (κ3) is 7.40. The van der Waals surface area contributed by atoms with E-state index in [1.807, 2.05) is 13.8 Å². The van der Waals surface area contributed by atoms with Crippen molar-refractivity contribution in [3.05, 3.63) is 63.9 Å². The highest BCUT2D eigenvalue weighted by Crippen LogP contribution is 2.27. The molecule has 2 aromatic rings. The summed E-state index contributed by atoms with van der Waals surface area (Å²) in [7, 11) is 0. The molecule has 0 aliphatic rings. The second kappa shape index (κ2) is 12.5. The Labute approximate surface area is 192 Å². The van der Waals surface area contributed by atoms with Crippen LogP contribution >= 0.6 is 23.2 Å². The van der Waals surface area contributed by atoms with Gasteiger partial charge >= 0.3 is 0 Å². The molecule has 1 atom stereocenters. The fourth-order valence-corrected chi connectivity index (χ4v) is 3.56. The molecule has 31 heavy (non-hydrogen) atoms. The molecule has 168 valence electrons. The van der Waals surface area contributed by atoms with Crippen LogP contribution < -0.4 is 10.1 Å². The fraction of sp³-hybridized carbons (Fsp3) is 0.391. The molecule has 2 rings (SSSR count). The lowest BCUT2D eigenvalue weighted by atomic mass is 10.1. The van der Waals surface area contributed by atoms with Gasteiger partial charge in [0, 0.05) is 28.7 Å². The summed E-state index contributed by atoms with van der Waals surface area (Å²) in [6.07, 6.45) is 2.20. The molecule has 0 bridgehead atoms. The molecule has 0 radical (unpaired) electrons. The summed E-state index contributed by atoms with van der Waals surface area (Å²) in [5.74, 6) is -0.693. The van der Waals surface area contributed by atoms with Gasteiger partial charge in [-0.2, -0.15) is 0 Å². The van der Waals surface area contributed by atoms with Crippen LogP contribution in [0.1, 0.15) is 38.7 Å². The first-order chi connectivity index (χ1) is 14.9. The maximum atomic E-state index is 13.1. The highest BCUT2D eigenvalue weighted by Gasteiger charge is 2.29. The van der Waals surface area contributed by atoms with Crippen molar-refractivity contribution in [3.8, 4) is 5.75 Å². The van der Waals surface area contributed by atoms with Gasteiger partial charge in [0.1, 0.15) is 17.6 Å². The van der Waals surface area contributed by atoms with Gasteiger partial charge in [-0.1, -0.05) is 49.5 Å². The molecule has 0 aromatic heterocycles.